The molecule has 4 aromatic rings. The van der Waals surface area contributed by atoms with Crippen LogP contribution in [0, 0.1) is 13.8 Å². The molecule has 3 aromatic heterocycles. The van der Waals surface area contributed by atoms with Gasteiger partial charge in [0.05, 0.1) is 28.9 Å². The largest absolute Gasteiger partial charge is 0.377 e. The summed E-state index contributed by atoms with van der Waals surface area (Å²) in [5.74, 6) is 0.831. The van der Waals surface area contributed by atoms with Crippen LogP contribution in [0.4, 0.5) is 11.6 Å². The van der Waals surface area contributed by atoms with Crippen LogP contribution in [-0.4, -0.2) is 57.2 Å². The zero-order valence-electron chi connectivity index (χ0n) is 25.7. The van der Waals surface area contributed by atoms with Gasteiger partial charge in [0.2, 0.25) is 16.0 Å². The van der Waals surface area contributed by atoms with Crippen LogP contribution >= 0.6 is 11.6 Å². The van der Waals surface area contributed by atoms with Gasteiger partial charge >= 0.3 is 0 Å². The van der Waals surface area contributed by atoms with E-state index in [9.17, 15) is 18.0 Å². The lowest BCUT2D eigenvalue weighted by atomic mass is 9.86. The molecule has 2 aliphatic rings. The monoisotopic (exact) mass is 650 g/mol. The number of aromatic nitrogens is 5. The van der Waals surface area contributed by atoms with Gasteiger partial charge in [0.1, 0.15) is 11.0 Å². The Hall–Kier alpha value is -4.10. The number of carbonyl (C=O) groups excluding carboxylic acids is 1. The molecule has 6 rings (SSSR count). The number of hydrogen-bond donors (Lipinski definition) is 2. The predicted octanol–water partition coefficient (Wildman–Crippen LogP) is 4.17. The normalized spacial score (nSPS) is 20.3. The fourth-order valence-corrected chi connectivity index (χ4v) is 7.32. The minimum atomic E-state index is -3.83. The van der Waals surface area contributed by atoms with Crippen molar-refractivity contribution in [2.45, 2.75) is 70.5 Å². The van der Waals surface area contributed by atoms with Crippen molar-refractivity contribution in [3.63, 3.8) is 0 Å². The van der Waals surface area contributed by atoms with E-state index in [1.54, 1.807) is 17.7 Å². The number of nitrogens with zero attached hydrogens (tertiary/aromatic N) is 6. The van der Waals surface area contributed by atoms with Crippen LogP contribution in [0.25, 0.3) is 10.9 Å². The molecule has 2 N–H and O–H groups in total. The zero-order valence-corrected chi connectivity index (χ0v) is 27.3. The van der Waals surface area contributed by atoms with Crippen LogP contribution in [0.1, 0.15) is 77.6 Å². The molecule has 0 radical (unpaired) electrons. The maximum Gasteiger partial charge on any atom is 0.285 e. The molecular formula is C31H35ClN8O4S. The van der Waals surface area contributed by atoms with E-state index in [2.05, 4.69) is 25.2 Å². The summed E-state index contributed by atoms with van der Waals surface area (Å²) in [6, 6.07) is 6.90. The molecule has 1 unspecified atom stereocenters. The smallest absolute Gasteiger partial charge is 0.285 e. The summed E-state index contributed by atoms with van der Waals surface area (Å²) >= 11 is 6.06. The Morgan fingerprint density at radius 2 is 1.73 bits per heavy atom. The molecule has 1 aromatic carbocycles. The number of rotatable bonds is 7. The number of fused-ring (bicyclic) bond motifs is 3. The molecule has 2 bridgehead atoms. The van der Waals surface area contributed by atoms with Crippen LogP contribution in [0.15, 0.2) is 41.5 Å². The number of anilines is 2. The molecule has 2 fully saturated rings. The van der Waals surface area contributed by atoms with Gasteiger partial charge in [0.15, 0.2) is 5.69 Å². The van der Waals surface area contributed by atoms with Gasteiger partial charge < -0.3 is 10.2 Å². The molecule has 2 aliphatic heterocycles. The summed E-state index contributed by atoms with van der Waals surface area (Å²) in [6.07, 6.45) is 8.64. The molecule has 14 heteroatoms. The van der Waals surface area contributed by atoms with Gasteiger partial charge in [0, 0.05) is 37.1 Å². The van der Waals surface area contributed by atoms with Crippen molar-refractivity contribution in [2.24, 2.45) is 7.05 Å². The quantitative estimate of drug-likeness (QED) is 0.279. The second kappa shape index (κ2) is 11.7. The number of sulfonamides is 1. The fourth-order valence-electron chi connectivity index (χ4n) is 6.74. The van der Waals surface area contributed by atoms with E-state index in [1.165, 1.54) is 6.07 Å². The summed E-state index contributed by atoms with van der Waals surface area (Å²) < 4.78 is 27.1. The number of pyridine rings is 1. The Labute approximate surface area is 266 Å². The number of piperidine rings is 1. The van der Waals surface area contributed by atoms with Gasteiger partial charge in [-0.1, -0.05) is 17.7 Å². The molecule has 45 heavy (non-hydrogen) atoms. The third kappa shape index (κ3) is 6.10. The third-order valence-corrected chi connectivity index (χ3v) is 9.53. The summed E-state index contributed by atoms with van der Waals surface area (Å²) in [4.78, 5) is 47.1. The average molecular weight is 651 g/mol. The van der Waals surface area contributed by atoms with E-state index in [-0.39, 0.29) is 34.2 Å². The van der Waals surface area contributed by atoms with Crippen LogP contribution in [-0.2, 0) is 17.1 Å². The summed E-state index contributed by atoms with van der Waals surface area (Å²) in [5.41, 5.74) is 3.33. The standard InChI is InChI=1S/C31H35ClN8O4S/c1-16-10-23(17(2)35-25-8-9-26(32)36-28(25)29(41)38-45(5,43)44)27-24(11-16)30(42)39(4)31(37-27)40-21-6-7-22(40)13-19(12-21)20-14-33-18(3)34-15-20/h8-11,14-15,17,19,21-22,35H,6-7,12-13H2,1-5H3,(H,38,41)/t17-,19?,21-,22+/m1/s1. The molecule has 0 spiro atoms. The maximum absolute atomic E-state index is 13.9. The Kier molecular flexibility index (Phi) is 8.02. The SMILES string of the molecule is Cc1cc([C@@H](C)Nc2ccc(Cl)nc2C(=O)NS(C)(=O)=O)c2nc(N3[C@@H]4CC[C@H]3CC(c3cnc(C)nc3)C4)n(C)c(=O)c2c1. The second-order valence-corrected chi connectivity index (χ2v) is 14.3. The van der Waals surface area contributed by atoms with E-state index in [0.29, 0.717) is 22.8 Å². The van der Waals surface area contributed by atoms with Crippen molar-refractivity contribution in [1.29, 1.82) is 0 Å². The van der Waals surface area contributed by atoms with Crippen molar-refractivity contribution >= 4 is 50.1 Å². The van der Waals surface area contributed by atoms with Crippen LogP contribution in [0.3, 0.4) is 0 Å². The molecule has 2 saturated heterocycles. The molecule has 1 amide bonds. The van der Waals surface area contributed by atoms with Crippen LogP contribution < -0.4 is 20.5 Å². The van der Waals surface area contributed by atoms with Gasteiger partial charge in [-0.25, -0.2) is 33.1 Å². The third-order valence-electron chi connectivity index (χ3n) is 8.76. The van der Waals surface area contributed by atoms with Crippen molar-refractivity contribution in [1.82, 2.24) is 29.2 Å². The van der Waals surface area contributed by atoms with E-state index >= 15 is 0 Å². The average Bonchev–Trinajstić information content (AvgIpc) is 3.23. The highest BCUT2D eigenvalue weighted by molar-refractivity contribution is 7.89. The van der Waals surface area contributed by atoms with Gasteiger partial charge in [-0.15, -0.1) is 0 Å². The van der Waals surface area contributed by atoms with Crippen LogP contribution in [0.2, 0.25) is 5.15 Å². The second-order valence-electron chi connectivity index (χ2n) is 12.2. The minimum absolute atomic E-state index is 0.0379. The lowest BCUT2D eigenvalue weighted by molar-refractivity contribution is 0.0977. The highest BCUT2D eigenvalue weighted by Crippen LogP contribution is 2.44. The van der Waals surface area contributed by atoms with E-state index in [4.69, 9.17) is 16.6 Å². The predicted molar refractivity (Wildman–Crippen MR) is 173 cm³/mol. The van der Waals surface area contributed by atoms with E-state index < -0.39 is 22.0 Å². The molecule has 4 atom stereocenters. The Morgan fingerprint density at radius 3 is 2.38 bits per heavy atom. The van der Waals surface area contributed by atoms with Crippen molar-refractivity contribution in [2.75, 3.05) is 16.5 Å². The van der Waals surface area contributed by atoms with Crippen molar-refractivity contribution in [3.8, 4) is 0 Å². The lowest BCUT2D eigenvalue weighted by Gasteiger charge is -2.40. The molecule has 5 heterocycles. The Balaban J connectivity index is 1.37. The lowest BCUT2D eigenvalue weighted by Crippen LogP contribution is -2.45. The number of carbonyl (C=O) groups is 1. The Bertz CT molecular complexity index is 1970. The molecule has 236 valence electrons. The fraction of sp³-hybridized carbons (Fsp3) is 0.419. The minimum Gasteiger partial charge on any atom is -0.377 e. The molecule has 0 aliphatic carbocycles. The number of aryl methyl sites for hydroxylation is 2. The molecular weight excluding hydrogens is 616 g/mol. The van der Waals surface area contributed by atoms with E-state index in [0.717, 1.165) is 54.5 Å². The summed E-state index contributed by atoms with van der Waals surface area (Å²) in [7, 11) is -2.06. The van der Waals surface area contributed by atoms with Gasteiger partial charge in [-0.2, -0.15) is 0 Å². The number of hydrogen-bond acceptors (Lipinski definition) is 10. The van der Waals surface area contributed by atoms with E-state index in [1.807, 2.05) is 50.0 Å². The number of halogens is 1. The summed E-state index contributed by atoms with van der Waals surface area (Å²) in [6.45, 7) is 5.69. The summed E-state index contributed by atoms with van der Waals surface area (Å²) in [5, 5.41) is 3.81. The first-order valence-electron chi connectivity index (χ1n) is 14.8. The van der Waals surface area contributed by atoms with Gasteiger partial charge in [-0.3, -0.25) is 14.2 Å². The Morgan fingerprint density at radius 1 is 1.07 bits per heavy atom. The van der Waals surface area contributed by atoms with Gasteiger partial charge in [-0.05, 0) is 81.7 Å². The first-order chi connectivity index (χ1) is 21.3. The highest BCUT2D eigenvalue weighted by atomic mass is 35.5. The molecule has 12 nitrogen and oxygen atoms in total. The number of benzene rings is 1. The number of nitrogens with one attached hydrogen (secondary N) is 2. The number of amides is 1. The zero-order chi connectivity index (χ0) is 32.2. The van der Waals surface area contributed by atoms with Gasteiger partial charge in [0.25, 0.3) is 11.5 Å². The highest BCUT2D eigenvalue weighted by Gasteiger charge is 2.43. The van der Waals surface area contributed by atoms with Crippen molar-refractivity contribution < 1.29 is 13.2 Å². The van der Waals surface area contributed by atoms with Crippen molar-refractivity contribution in [3.05, 3.63) is 80.4 Å². The first-order valence-corrected chi connectivity index (χ1v) is 17.1. The maximum atomic E-state index is 13.9. The topological polar surface area (TPSA) is 152 Å². The van der Waals surface area contributed by atoms with Crippen LogP contribution in [0.5, 0.6) is 0 Å². The molecule has 0 saturated carbocycles. The first kappa shape index (κ1) is 30.9.